The minimum Gasteiger partial charge on any atom is -0.497 e. The Morgan fingerprint density at radius 3 is 1.89 bits per heavy atom. The summed E-state index contributed by atoms with van der Waals surface area (Å²) in [5.74, 6) is 1.96. The van der Waals surface area contributed by atoms with Crippen LogP contribution in [0.4, 0.5) is 4.39 Å². The van der Waals surface area contributed by atoms with Crippen LogP contribution in [-0.2, 0) is 6.54 Å². The van der Waals surface area contributed by atoms with E-state index in [2.05, 4.69) is 22.3 Å². The lowest BCUT2D eigenvalue weighted by molar-refractivity contribution is 0.415. The van der Waals surface area contributed by atoms with Gasteiger partial charge in [0.05, 0.1) is 13.7 Å². The maximum Gasteiger partial charge on any atom is 0.164 e. The van der Waals surface area contributed by atoms with Gasteiger partial charge in [0, 0.05) is 11.1 Å². The number of nitrogens with zero attached hydrogens (tertiary/aromatic N) is 3. The number of aromatic nitrogens is 3. The molecule has 0 atom stereocenters. The molecule has 0 bridgehead atoms. The first-order valence-electron chi connectivity index (χ1n) is 8.62. The Balaban J connectivity index is 1.81. The van der Waals surface area contributed by atoms with E-state index in [-0.39, 0.29) is 5.82 Å². The molecule has 0 radical (unpaired) electrons. The van der Waals surface area contributed by atoms with Gasteiger partial charge in [0.2, 0.25) is 0 Å². The van der Waals surface area contributed by atoms with E-state index in [1.165, 1.54) is 12.1 Å². The van der Waals surface area contributed by atoms with E-state index >= 15 is 0 Å². The summed E-state index contributed by atoms with van der Waals surface area (Å²) in [6, 6.07) is 24.1. The van der Waals surface area contributed by atoms with Crippen LogP contribution in [0.5, 0.6) is 5.75 Å². The van der Waals surface area contributed by atoms with Crippen LogP contribution in [0.2, 0.25) is 0 Å². The summed E-state index contributed by atoms with van der Waals surface area (Å²) in [7, 11) is 1.64. The van der Waals surface area contributed by atoms with Crippen molar-refractivity contribution in [1.82, 2.24) is 14.8 Å². The van der Waals surface area contributed by atoms with E-state index in [4.69, 9.17) is 4.74 Å². The van der Waals surface area contributed by atoms with E-state index in [1.807, 2.05) is 47.0 Å². The fourth-order valence-corrected chi connectivity index (χ4v) is 2.98. The highest BCUT2D eigenvalue weighted by atomic mass is 19.1. The molecule has 1 aromatic heterocycles. The number of methoxy groups -OCH3 is 1. The topological polar surface area (TPSA) is 39.9 Å². The van der Waals surface area contributed by atoms with Crippen molar-refractivity contribution in [3.05, 3.63) is 90.2 Å². The van der Waals surface area contributed by atoms with Gasteiger partial charge in [-0.3, -0.25) is 0 Å². The third-order valence-corrected chi connectivity index (χ3v) is 4.38. The molecule has 0 amide bonds. The molecule has 4 rings (SSSR count). The third-order valence-electron chi connectivity index (χ3n) is 4.38. The summed E-state index contributed by atoms with van der Waals surface area (Å²) in [6.07, 6.45) is 0. The summed E-state index contributed by atoms with van der Waals surface area (Å²) in [6.45, 7) is 0.613. The van der Waals surface area contributed by atoms with Crippen LogP contribution >= 0.6 is 0 Å². The lowest BCUT2D eigenvalue weighted by Gasteiger charge is -2.11. The van der Waals surface area contributed by atoms with Gasteiger partial charge in [0.1, 0.15) is 11.6 Å². The van der Waals surface area contributed by atoms with Gasteiger partial charge in [-0.05, 0) is 54.1 Å². The van der Waals surface area contributed by atoms with Crippen LogP contribution in [0.3, 0.4) is 0 Å². The second-order valence-corrected chi connectivity index (χ2v) is 6.15. The Morgan fingerprint density at radius 1 is 0.778 bits per heavy atom. The monoisotopic (exact) mass is 359 g/mol. The summed E-state index contributed by atoms with van der Waals surface area (Å²) in [4.78, 5) is 0. The number of halogens is 1. The van der Waals surface area contributed by atoms with Crippen molar-refractivity contribution in [1.29, 1.82) is 0 Å². The lowest BCUT2D eigenvalue weighted by Crippen LogP contribution is -2.04. The molecule has 134 valence electrons. The average Bonchev–Trinajstić information content (AvgIpc) is 3.13. The molecule has 0 N–H and O–H groups in total. The summed E-state index contributed by atoms with van der Waals surface area (Å²) >= 11 is 0. The highest BCUT2D eigenvalue weighted by molar-refractivity contribution is 5.63. The van der Waals surface area contributed by atoms with Crippen LogP contribution in [0.1, 0.15) is 5.56 Å². The predicted molar refractivity (Wildman–Crippen MR) is 103 cm³/mol. The Hall–Kier alpha value is -3.47. The second kappa shape index (κ2) is 7.41. The van der Waals surface area contributed by atoms with Crippen molar-refractivity contribution in [3.8, 4) is 28.5 Å². The van der Waals surface area contributed by atoms with Crippen molar-refractivity contribution >= 4 is 0 Å². The van der Waals surface area contributed by atoms with Crippen LogP contribution < -0.4 is 4.74 Å². The molecule has 0 unspecified atom stereocenters. The van der Waals surface area contributed by atoms with Crippen LogP contribution in [0.25, 0.3) is 22.8 Å². The van der Waals surface area contributed by atoms with Gasteiger partial charge in [-0.15, -0.1) is 10.2 Å². The van der Waals surface area contributed by atoms with Crippen LogP contribution in [0, 0.1) is 5.82 Å². The molecule has 5 heteroatoms. The number of benzene rings is 3. The highest BCUT2D eigenvalue weighted by Crippen LogP contribution is 2.27. The summed E-state index contributed by atoms with van der Waals surface area (Å²) in [5, 5.41) is 8.81. The second-order valence-electron chi connectivity index (χ2n) is 6.15. The first kappa shape index (κ1) is 17.0. The molecular weight excluding hydrogens is 341 g/mol. The molecular formula is C22H18FN3O. The highest BCUT2D eigenvalue weighted by Gasteiger charge is 2.16. The molecule has 0 aliphatic rings. The zero-order valence-corrected chi connectivity index (χ0v) is 14.8. The number of hydrogen-bond donors (Lipinski definition) is 0. The Labute approximate surface area is 156 Å². The largest absolute Gasteiger partial charge is 0.497 e. The van der Waals surface area contributed by atoms with Gasteiger partial charge in [0.25, 0.3) is 0 Å². The van der Waals surface area contributed by atoms with Gasteiger partial charge in [-0.25, -0.2) is 4.39 Å². The van der Waals surface area contributed by atoms with E-state index in [0.29, 0.717) is 12.4 Å². The molecule has 4 nitrogen and oxygen atoms in total. The molecule has 0 fully saturated rings. The number of ether oxygens (including phenoxy) is 1. The number of hydrogen-bond acceptors (Lipinski definition) is 3. The van der Waals surface area contributed by atoms with Gasteiger partial charge >= 0.3 is 0 Å². The average molecular weight is 359 g/mol. The fourth-order valence-electron chi connectivity index (χ4n) is 2.98. The third kappa shape index (κ3) is 3.58. The molecule has 4 aromatic rings. The van der Waals surface area contributed by atoms with Crippen LogP contribution in [-0.4, -0.2) is 21.9 Å². The zero-order chi connectivity index (χ0) is 18.6. The van der Waals surface area contributed by atoms with Crippen molar-refractivity contribution in [3.63, 3.8) is 0 Å². The zero-order valence-electron chi connectivity index (χ0n) is 14.8. The van der Waals surface area contributed by atoms with Crippen LogP contribution in [0.15, 0.2) is 78.9 Å². The molecule has 3 aromatic carbocycles. The summed E-state index contributed by atoms with van der Waals surface area (Å²) in [5.41, 5.74) is 2.89. The smallest absolute Gasteiger partial charge is 0.164 e. The standard InChI is InChI=1S/C22H18FN3O/c1-27-20-13-9-18(10-14-20)22-25-24-21(17-7-11-19(23)12-8-17)26(22)15-16-5-3-2-4-6-16/h2-14H,15H2,1H3. The molecule has 0 aliphatic heterocycles. The Kier molecular flexibility index (Phi) is 4.66. The molecule has 27 heavy (non-hydrogen) atoms. The van der Waals surface area contributed by atoms with E-state index in [0.717, 1.165) is 28.3 Å². The summed E-state index contributed by atoms with van der Waals surface area (Å²) < 4.78 is 20.6. The lowest BCUT2D eigenvalue weighted by atomic mass is 10.1. The Bertz CT molecular complexity index is 1030. The molecule has 0 saturated carbocycles. The van der Waals surface area contributed by atoms with Gasteiger partial charge < -0.3 is 9.30 Å². The molecule has 0 saturated heterocycles. The van der Waals surface area contributed by atoms with Gasteiger partial charge in [-0.2, -0.15) is 0 Å². The minimum atomic E-state index is -0.275. The first-order valence-corrected chi connectivity index (χ1v) is 8.62. The predicted octanol–water partition coefficient (Wildman–Crippen LogP) is 4.81. The van der Waals surface area contributed by atoms with Gasteiger partial charge in [0.15, 0.2) is 11.6 Å². The minimum absolute atomic E-state index is 0.275. The SMILES string of the molecule is COc1ccc(-c2nnc(-c3ccc(F)cc3)n2Cc2ccccc2)cc1. The molecule has 0 aliphatic carbocycles. The normalized spacial score (nSPS) is 10.7. The maximum absolute atomic E-state index is 13.3. The van der Waals surface area contributed by atoms with Crippen molar-refractivity contribution < 1.29 is 9.13 Å². The molecule has 1 heterocycles. The number of rotatable bonds is 5. The quantitative estimate of drug-likeness (QED) is 0.513. The van der Waals surface area contributed by atoms with E-state index in [9.17, 15) is 4.39 Å². The van der Waals surface area contributed by atoms with Crippen molar-refractivity contribution in [2.75, 3.05) is 7.11 Å². The molecule has 0 spiro atoms. The maximum atomic E-state index is 13.3. The van der Waals surface area contributed by atoms with Gasteiger partial charge in [-0.1, -0.05) is 30.3 Å². The van der Waals surface area contributed by atoms with E-state index in [1.54, 1.807) is 19.2 Å². The van der Waals surface area contributed by atoms with E-state index < -0.39 is 0 Å². The van der Waals surface area contributed by atoms with Crippen molar-refractivity contribution in [2.24, 2.45) is 0 Å². The Morgan fingerprint density at radius 2 is 1.33 bits per heavy atom. The first-order chi connectivity index (χ1) is 13.2. The van der Waals surface area contributed by atoms with Crippen molar-refractivity contribution in [2.45, 2.75) is 6.54 Å². The fraction of sp³-hybridized carbons (Fsp3) is 0.0909.